The van der Waals surface area contributed by atoms with Crippen LogP contribution in [-0.4, -0.2) is 0 Å². The zero-order chi connectivity index (χ0) is 22.5. The van der Waals surface area contributed by atoms with Crippen LogP contribution in [0.25, 0.3) is 0 Å². The van der Waals surface area contributed by atoms with Gasteiger partial charge < -0.3 is 0 Å². The molecule has 0 rings (SSSR count). The van der Waals surface area contributed by atoms with Crippen LogP contribution < -0.4 is 0 Å². The first-order valence-electron chi connectivity index (χ1n) is 14.9. The maximum Gasteiger partial charge on any atom is -0.0351 e. The second kappa shape index (κ2) is 29.7. The van der Waals surface area contributed by atoms with Crippen LogP contribution in [0, 0.1) is 6.42 Å². The van der Waals surface area contributed by atoms with Crippen LogP contribution in [0.5, 0.6) is 0 Å². The number of rotatable bonds is 27. The van der Waals surface area contributed by atoms with E-state index in [1.54, 1.807) is 0 Å². The fourth-order valence-corrected chi connectivity index (χ4v) is 4.46. The van der Waals surface area contributed by atoms with Gasteiger partial charge in [0.25, 0.3) is 0 Å². The van der Waals surface area contributed by atoms with Crippen molar-refractivity contribution in [1.82, 2.24) is 0 Å². The molecule has 0 nitrogen and oxygen atoms in total. The Morgan fingerprint density at radius 3 is 0.871 bits per heavy atom. The molecule has 0 heteroatoms. The van der Waals surface area contributed by atoms with Crippen molar-refractivity contribution in [2.75, 3.05) is 0 Å². The van der Waals surface area contributed by atoms with Crippen molar-refractivity contribution in [3.8, 4) is 0 Å². The molecule has 0 aromatic heterocycles. The second-order valence-corrected chi connectivity index (χ2v) is 9.99. The lowest BCUT2D eigenvalue weighted by Crippen LogP contribution is -1.84. The summed E-state index contributed by atoms with van der Waals surface area (Å²) in [4.78, 5) is 0. The summed E-state index contributed by atoms with van der Waals surface area (Å²) in [5, 5.41) is 0. The highest BCUT2D eigenvalue weighted by Crippen LogP contribution is 2.14. The first-order chi connectivity index (χ1) is 15.4. The molecular weight excluding hydrogens is 372 g/mol. The molecule has 0 aliphatic carbocycles. The Morgan fingerprint density at radius 2 is 0.548 bits per heavy atom. The standard InChI is InChI=1S/C31H61/c1-3-5-7-9-11-13-15-17-19-21-23-25-27-29-31-30-28-26-24-22-20-18-16-14-12-10-8-6-4-2/h17,19,28H,3-16,18,20-27,29-31H2,1-2H3/b19-17-. The van der Waals surface area contributed by atoms with Gasteiger partial charge >= 0.3 is 0 Å². The van der Waals surface area contributed by atoms with Crippen molar-refractivity contribution in [2.24, 2.45) is 0 Å². The summed E-state index contributed by atoms with van der Waals surface area (Å²) >= 11 is 0. The summed E-state index contributed by atoms with van der Waals surface area (Å²) < 4.78 is 0. The van der Waals surface area contributed by atoms with Gasteiger partial charge in [0.1, 0.15) is 0 Å². The Labute approximate surface area is 199 Å². The number of hydrogen-bond acceptors (Lipinski definition) is 0. The second-order valence-electron chi connectivity index (χ2n) is 9.99. The van der Waals surface area contributed by atoms with Gasteiger partial charge in [-0.15, -0.1) is 0 Å². The van der Waals surface area contributed by atoms with E-state index in [1.165, 1.54) is 167 Å². The minimum atomic E-state index is 1.31. The molecule has 0 fully saturated rings. The van der Waals surface area contributed by atoms with Crippen molar-refractivity contribution < 1.29 is 0 Å². The summed E-state index contributed by atoms with van der Waals surface area (Å²) in [5.41, 5.74) is 0. The molecule has 0 aromatic rings. The van der Waals surface area contributed by atoms with E-state index in [9.17, 15) is 0 Å². The lowest BCUT2D eigenvalue weighted by molar-refractivity contribution is 0.546. The maximum absolute atomic E-state index is 2.57. The predicted molar refractivity (Wildman–Crippen MR) is 145 cm³/mol. The van der Waals surface area contributed by atoms with Crippen LogP contribution in [0.2, 0.25) is 0 Å². The van der Waals surface area contributed by atoms with E-state index in [1.807, 2.05) is 0 Å². The van der Waals surface area contributed by atoms with Crippen molar-refractivity contribution in [3.05, 3.63) is 18.6 Å². The lowest BCUT2D eigenvalue weighted by Gasteiger charge is -2.03. The normalized spacial score (nSPS) is 11.7. The van der Waals surface area contributed by atoms with Gasteiger partial charge in [-0.1, -0.05) is 167 Å². The van der Waals surface area contributed by atoms with Crippen LogP contribution in [0.1, 0.15) is 181 Å². The minimum absolute atomic E-state index is 1.31. The molecule has 0 aliphatic rings. The van der Waals surface area contributed by atoms with Crippen molar-refractivity contribution in [3.63, 3.8) is 0 Å². The number of unbranched alkanes of at least 4 members (excludes halogenated alkanes) is 25. The topological polar surface area (TPSA) is 0 Å². The van der Waals surface area contributed by atoms with E-state index in [0.717, 1.165) is 0 Å². The lowest BCUT2D eigenvalue weighted by atomic mass is 10.0. The van der Waals surface area contributed by atoms with Crippen molar-refractivity contribution in [2.45, 2.75) is 181 Å². The van der Waals surface area contributed by atoms with Gasteiger partial charge in [0.05, 0.1) is 0 Å². The molecule has 0 saturated heterocycles. The van der Waals surface area contributed by atoms with Gasteiger partial charge in [-0.3, -0.25) is 0 Å². The third kappa shape index (κ3) is 29.7. The van der Waals surface area contributed by atoms with Crippen LogP contribution in [0.15, 0.2) is 12.2 Å². The highest BCUT2D eigenvalue weighted by atomic mass is 14.0. The summed E-state index contributed by atoms with van der Waals surface area (Å²) in [7, 11) is 0. The number of allylic oxidation sites excluding steroid dienone is 2. The fraction of sp³-hybridized carbons (Fsp3) is 0.903. The van der Waals surface area contributed by atoms with Crippen molar-refractivity contribution >= 4 is 0 Å². The molecule has 0 bridgehead atoms. The third-order valence-corrected chi connectivity index (χ3v) is 6.68. The molecule has 0 aliphatic heterocycles. The van der Waals surface area contributed by atoms with Gasteiger partial charge in [0.15, 0.2) is 0 Å². The monoisotopic (exact) mass is 433 g/mol. The van der Waals surface area contributed by atoms with Crippen LogP contribution in [0.3, 0.4) is 0 Å². The van der Waals surface area contributed by atoms with Crippen molar-refractivity contribution in [1.29, 1.82) is 0 Å². The Bertz CT molecular complexity index is 316. The van der Waals surface area contributed by atoms with Crippen LogP contribution in [-0.2, 0) is 0 Å². The molecule has 1 radical (unpaired) electrons. The smallest absolute Gasteiger partial charge is 0.0351 e. The molecule has 0 atom stereocenters. The summed E-state index contributed by atoms with van der Waals surface area (Å²) in [6.07, 6.45) is 44.4. The molecule has 0 saturated carbocycles. The molecule has 0 heterocycles. The Balaban J connectivity index is 3.04. The van der Waals surface area contributed by atoms with Gasteiger partial charge in [0, 0.05) is 0 Å². The fourth-order valence-electron chi connectivity index (χ4n) is 4.46. The van der Waals surface area contributed by atoms with Crippen LogP contribution in [0.4, 0.5) is 0 Å². The van der Waals surface area contributed by atoms with E-state index >= 15 is 0 Å². The zero-order valence-electron chi connectivity index (χ0n) is 22.1. The van der Waals surface area contributed by atoms with Gasteiger partial charge in [-0.25, -0.2) is 0 Å². The quantitative estimate of drug-likeness (QED) is 0.0892. The first kappa shape index (κ1) is 30.7. The van der Waals surface area contributed by atoms with E-state index in [-0.39, 0.29) is 0 Å². The molecule has 31 heavy (non-hydrogen) atoms. The zero-order valence-corrected chi connectivity index (χ0v) is 22.1. The maximum atomic E-state index is 2.57. The van der Waals surface area contributed by atoms with E-state index in [0.29, 0.717) is 0 Å². The Kier molecular flexibility index (Phi) is 29.5. The van der Waals surface area contributed by atoms with Gasteiger partial charge in [0.2, 0.25) is 0 Å². The van der Waals surface area contributed by atoms with Gasteiger partial charge in [-0.05, 0) is 32.1 Å². The average molecular weight is 434 g/mol. The average Bonchev–Trinajstić information content (AvgIpc) is 2.78. The van der Waals surface area contributed by atoms with E-state index < -0.39 is 0 Å². The molecule has 0 amide bonds. The molecule has 0 aromatic carbocycles. The molecular formula is C31H61. The molecule has 0 unspecified atom stereocenters. The predicted octanol–water partition coefficient (Wildman–Crippen LogP) is 11.9. The molecule has 185 valence electrons. The summed E-state index contributed by atoms with van der Waals surface area (Å²) in [6.45, 7) is 4.59. The SMILES string of the molecule is CCCCCCCC/C=C\CCCCCCC[CH]CCCCCCCCCCCCC. The Morgan fingerprint density at radius 1 is 0.290 bits per heavy atom. The highest BCUT2D eigenvalue weighted by molar-refractivity contribution is 4.81. The van der Waals surface area contributed by atoms with E-state index in [4.69, 9.17) is 0 Å². The third-order valence-electron chi connectivity index (χ3n) is 6.68. The van der Waals surface area contributed by atoms with Gasteiger partial charge in [-0.2, -0.15) is 0 Å². The summed E-state index contributed by atoms with van der Waals surface area (Å²) in [5.74, 6) is 0. The molecule has 0 N–H and O–H groups in total. The largest absolute Gasteiger partial charge is 0.0885 e. The molecule has 0 spiro atoms. The number of hydrogen-bond donors (Lipinski definition) is 0. The Hall–Kier alpha value is -0.260. The van der Waals surface area contributed by atoms with Crippen LogP contribution >= 0.6 is 0 Å². The highest BCUT2D eigenvalue weighted by Gasteiger charge is 1.95. The first-order valence-corrected chi connectivity index (χ1v) is 14.9. The minimum Gasteiger partial charge on any atom is -0.0885 e. The van der Waals surface area contributed by atoms with E-state index in [2.05, 4.69) is 32.4 Å². The summed E-state index contributed by atoms with van der Waals surface area (Å²) in [6, 6.07) is 0.